The van der Waals surface area contributed by atoms with Crippen LogP contribution in [0.3, 0.4) is 0 Å². The second kappa shape index (κ2) is 7.22. The number of nitro benzene ring substituents is 1. The molecule has 0 saturated carbocycles. The first kappa shape index (κ1) is 16.2. The first-order valence-electron chi connectivity index (χ1n) is 7.49. The van der Waals surface area contributed by atoms with Crippen molar-refractivity contribution in [1.82, 2.24) is 4.90 Å². The van der Waals surface area contributed by atoms with E-state index in [1.165, 1.54) is 6.07 Å². The van der Waals surface area contributed by atoms with Crippen molar-refractivity contribution in [3.05, 3.63) is 33.9 Å². The van der Waals surface area contributed by atoms with E-state index in [2.05, 4.69) is 16.7 Å². The minimum Gasteiger partial charge on any atom is -0.462 e. The zero-order chi connectivity index (χ0) is 16.1. The average Bonchev–Trinajstić information content (AvgIpc) is 2.54. The van der Waals surface area contributed by atoms with E-state index in [4.69, 9.17) is 4.74 Å². The summed E-state index contributed by atoms with van der Waals surface area (Å²) < 4.78 is 4.93. The number of rotatable bonds is 5. The van der Waals surface area contributed by atoms with E-state index in [-0.39, 0.29) is 17.9 Å². The molecule has 7 nitrogen and oxygen atoms in total. The van der Waals surface area contributed by atoms with Gasteiger partial charge in [-0.1, -0.05) is 6.92 Å². The number of ether oxygens (including phenoxy) is 1. The van der Waals surface area contributed by atoms with Gasteiger partial charge in [0, 0.05) is 37.9 Å². The first-order chi connectivity index (χ1) is 10.6. The third-order valence-corrected chi connectivity index (χ3v) is 3.86. The zero-order valence-corrected chi connectivity index (χ0v) is 12.9. The Labute approximate surface area is 129 Å². The number of anilines is 1. The Balaban J connectivity index is 2.25. The number of hydrogen-bond donors (Lipinski definition) is 0. The number of carbonyl (C=O) groups excluding carboxylic acids is 1. The van der Waals surface area contributed by atoms with Gasteiger partial charge in [-0.25, -0.2) is 4.79 Å². The molecule has 0 N–H and O–H groups in total. The summed E-state index contributed by atoms with van der Waals surface area (Å²) in [6.45, 7) is 8.59. The van der Waals surface area contributed by atoms with Gasteiger partial charge in [-0.3, -0.25) is 10.1 Å². The minimum absolute atomic E-state index is 0.0160. The molecule has 1 aromatic rings. The topological polar surface area (TPSA) is 75.9 Å². The van der Waals surface area contributed by atoms with E-state index in [1.54, 1.807) is 19.1 Å². The summed E-state index contributed by atoms with van der Waals surface area (Å²) in [7, 11) is 0. The lowest BCUT2D eigenvalue weighted by Gasteiger charge is -2.35. The minimum atomic E-state index is -0.650. The summed E-state index contributed by atoms with van der Waals surface area (Å²) in [5, 5.41) is 11.1. The quantitative estimate of drug-likeness (QED) is 0.470. The van der Waals surface area contributed by atoms with Crippen molar-refractivity contribution in [3.63, 3.8) is 0 Å². The van der Waals surface area contributed by atoms with Crippen molar-refractivity contribution < 1.29 is 14.5 Å². The van der Waals surface area contributed by atoms with Gasteiger partial charge < -0.3 is 14.5 Å². The molecule has 0 amide bonds. The average molecular weight is 307 g/mol. The second-order valence-corrected chi connectivity index (χ2v) is 5.10. The fourth-order valence-electron chi connectivity index (χ4n) is 2.57. The lowest BCUT2D eigenvalue weighted by atomic mass is 10.1. The predicted octanol–water partition coefficient (Wildman–Crippen LogP) is 1.91. The van der Waals surface area contributed by atoms with E-state index in [1.807, 2.05) is 0 Å². The summed E-state index contributed by atoms with van der Waals surface area (Å²) in [4.78, 5) is 27.0. The van der Waals surface area contributed by atoms with E-state index in [0.29, 0.717) is 0 Å². The number of carbonyl (C=O) groups is 1. The van der Waals surface area contributed by atoms with Crippen LogP contribution in [0, 0.1) is 10.1 Å². The molecule has 0 bridgehead atoms. The molecule has 0 radical (unpaired) electrons. The van der Waals surface area contributed by atoms with Crippen molar-refractivity contribution in [2.75, 3.05) is 44.2 Å². The molecule has 0 atom stereocenters. The highest BCUT2D eigenvalue weighted by atomic mass is 16.6. The maximum absolute atomic E-state index is 11.9. The monoisotopic (exact) mass is 307 g/mol. The van der Waals surface area contributed by atoms with Crippen LogP contribution in [0.4, 0.5) is 11.4 Å². The van der Waals surface area contributed by atoms with Crippen LogP contribution in [0.25, 0.3) is 0 Å². The standard InChI is InChI=1S/C15H21N3O4/c1-3-16-7-9-17(10-8-16)12-5-6-14(18(20)21)13(11-12)15(19)22-4-2/h5-6,11H,3-4,7-10H2,1-2H3. The van der Waals surface area contributed by atoms with Crippen molar-refractivity contribution in [3.8, 4) is 0 Å². The Morgan fingerprint density at radius 1 is 1.27 bits per heavy atom. The van der Waals surface area contributed by atoms with Gasteiger partial charge in [0.05, 0.1) is 11.5 Å². The SMILES string of the molecule is CCOC(=O)c1cc(N2CCN(CC)CC2)ccc1[N+](=O)[O-]. The molecular weight excluding hydrogens is 286 g/mol. The first-order valence-corrected chi connectivity index (χ1v) is 7.49. The number of benzene rings is 1. The molecular formula is C15H21N3O4. The molecule has 0 aliphatic carbocycles. The van der Waals surface area contributed by atoms with Crippen molar-refractivity contribution in [1.29, 1.82) is 0 Å². The van der Waals surface area contributed by atoms with Crippen LogP contribution in [-0.4, -0.2) is 55.1 Å². The van der Waals surface area contributed by atoms with Gasteiger partial charge in [-0.15, -0.1) is 0 Å². The Kier molecular flexibility index (Phi) is 5.32. The smallest absolute Gasteiger partial charge is 0.345 e. The van der Waals surface area contributed by atoms with Gasteiger partial charge >= 0.3 is 5.97 Å². The molecule has 22 heavy (non-hydrogen) atoms. The van der Waals surface area contributed by atoms with E-state index < -0.39 is 10.9 Å². The van der Waals surface area contributed by atoms with Gasteiger partial charge in [0.15, 0.2) is 0 Å². The van der Waals surface area contributed by atoms with Gasteiger partial charge in [-0.2, -0.15) is 0 Å². The number of nitro groups is 1. The van der Waals surface area contributed by atoms with Crippen molar-refractivity contribution in [2.45, 2.75) is 13.8 Å². The van der Waals surface area contributed by atoms with Crippen molar-refractivity contribution in [2.24, 2.45) is 0 Å². The fourth-order valence-corrected chi connectivity index (χ4v) is 2.57. The highest BCUT2D eigenvalue weighted by molar-refractivity contribution is 5.95. The zero-order valence-electron chi connectivity index (χ0n) is 12.9. The van der Waals surface area contributed by atoms with Gasteiger partial charge in [-0.05, 0) is 25.6 Å². The molecule has 1 heterocycles. The van der Waals surface area contributed by atoms with Crippen LogP contribution >= 0.6 is 0 Å². The number of piperazine rings is 1. The Morgan fingerprint density at radius 3 is 2.50 bits per heavy atom. The molecule has 7 heteroatoms. The second-order valence-electron chi connectivity index (χ2n) is 5.10. The largest absolute Gasteiger partial charge is 0.462 e. The summed E-state index contributed by atoms with van der Waals surface area (Å²) in [5.74, 6) is -0.650. The molecule has 1 aliphatic heterocycles. The lowest BCUT2D eigenvalue weighted by molar-refractivity contribution is -0.385. The molecule has 1 fully saturated rings. The van der Waals surface area contributed by atoms with Gasteiger partial charge in [0.2, 0.25) is 0 Å². The molecule has 2 rings (SSSR count). The number of likely N-dealkylation sites (N-methyl/N-ethyl adjacent to an activating group) is 1. The summed E-state index contributed by atoms with van der Waals surface area (Å²) in [5.41, 5.74) is 0.626. The highest BCUT2D eigenvalue weighted by Gasteiger charge is 2.24. The fraction of sp³-hybridized carbons (Fsp3) is 0.533. The highest BCUT2D eigenvalue weighted by Crippen LogP contribution is 2.26. The number of esters is 1. The Bertz CT molecular complexity index is 554. The molecule has 1 aliphatic rings. The van der Waals surface area contributed by atoms with Crippen LogP contribution in [0.1, 0.15) is 24.2 Å². The van der Waals surface area contributed by atoms with E-state index in [9.17, 15) is 14.9 Å². The third kappa shape index (κ3) is 3.54. The maximum atomic E-state index is 11.9. The Hall–Kier alpha value is -2.15. The summed E-state index contributed by atoms with van der Waals surface area (Å²) >= 11 is 0. The molecule has 1 aromatic carbocycles. The van der Waals surface area contributed by atoms with Crippen LogP contribution < -0.4 is 4.90 Å². The van der Waals surface area contributed by atoms with E-state index in [0.717, 1.165) is 38.4 Å². The summed E-state index contributed by atoms with van der Waals surface area (Å²) in [6, 6.07) is 4.65. The van der Waals surface area contributed by atoms with Gasteiger partial charge in [0.25, 0.3) is 5.69 Å². The van der Waals surface area contributed by atoms with Crippen LogP contribution in [0.2, 0.25) is 0 Å². The lowest BCUT2D eigenvalue weighted by Crippen LogP contribution is -2.46. The van der Waals surface area contributed by atoms with Crippen LogP contribution in [0.15, 0.2) is 18.2 Å². The number of nitrogens with zero attached hydrogens (tertiary/aromatic N) is 3. The molecule has 1 saturated heterocycles. The van der Waals surface area contributed by atoms with Gasteiger partial charge in [0.1, 0.15) is 5.56 Å². The maximum Gasteiger partial charge on any atom is 0.345 e. The normalized spacial score (nSPS) is 15.6. The molecule has 0 aromatic heterocycles. The van der Waals surface area contributed by atoms with Crippen molar-refractivity contribution >= 4 is 17.3 Å². The molecule has 0 spiro atoms. The van der Waals surface area contributed by atoms with E-state index >= 15 is 0 Å². The summed E-state index contributed by atoms with van der Waals surface area (Å²) in [6.07, 6.45) is 0. The number of hydrogen-bond acceptors (Lipinski definition) is 6. The van der Waals surface area contributed by atoms with Crippen LogP contribution in [0.5, 0.6) is 0 Å². The molecule has 120 valence electrons. The Morgan fingerprint density at radius 2 is 1.95 bits per heavy atom. The van der Waals surface area contributed by atoms with Crippen LogP contribution in [-0.2, 0) is 4.74 Å². The third-order valence-electron chi connectivity index (χ3n) is 3.86. The predicted molar refractivity (Wildman–Crippen MR) is 83.4 cm³/mol. The molecule has 0 unspecified atom stereocenters.